The quantitative estimate of drug-likeness (QED) is 0.764. The minimum absolute atomic E-state index is 0.228. The van der Waals surface area contributed by atoms with Crippen molar-refractivity contribution in [3.05, 3.63) is 66.2 Å². The zero-order valence-electron chi connectivity index (χ0n) is 16.0. The summed E-state index contributed by atoms with van der Waals surface area (Å²) in [7, 11) is 0. The Hall–Kier alpha value is -2.13. The summed E-state index contributed by atoms with van der Waals surface area (Å²) in [5.74, 6) is 0.228. The number of piperidine rings is 1. The number of hydrogen-bond donors (Lipinski definition) is 0. The molecule has 1 aliphatic rings. The lowest BCUT2D eigenvalue weighted by molar-refractivity contribution is -0.119. The first-order chi connectivity index (χ1) is 12.7. The Kier molecular flexibility index (Phi) is 6.45. The monoisotopic (exact) mass is 350 g/mol. The Morgan fingerprint density at radius 1 is 1.08 bits per heavy atom. The van der Waals surface area contributed by atoms with Crippen LogP contribution in [0.3, 0.4) is 0 Å². The van der Waals surface area contributed by atoms with Gasteiger partial charge in [0.2, 0.25) is 5.91 Å². The summed E-state index contributed by atoms with van der Waals surface area (Å²) in [6.45, 7) is 6.40. The van der Waals surface area contributed by atoms with Gasteiger partial charge in [-0.1, -0.05) is 55.5 Å². The van der Waals surface area contributed by atoms with Gasteiger partial charge in [-0.25, -0.2) is 0 Å². The zero-order chi connectivity index (χ0) is 18.4. The van der Waals surface area contributed by atoms with Crippen LogP contribution in [0, 0.1) is 0 Å². The molecule has 0 aromatic heterocycles. The first kappa shape index (κ1) is 18.7. The molecular formula is C23H30N2O. The Labute approximate surface area is 157 Å². The van der Waals surface area contributed by atoms with Gasteiger partial charge in [-0.15, -0.1) is 0 Å². The fourth-order valence-electron chi connectivity index (χ4n) is 4.00. The summed E-state index contributed by atoms with van der Waals surface area (Å²) in [6.07, 6.45) is 3.72. The Bertz CT molecular complexity index is 686. The maximum absolute atomic E-state index is 12.6. The minimum Gasteiger partial charge on any atom is -0.309 e. The number of likely N-dealkylation sites (tertiary alicyclic amines) is 1. The Balaban J connectivity index is 1.63. The van der Waals surface area contributed by atoms with Crippen LogP contribution in [-0.2, 0) is 11.2 Å². The van der Waals surface area contributed by atoms with Crippen LogP contribution in [0.15, 0.2) is 60.7 Å². The van der Waals surface area contributed by atoms with E-state index in [1.165, 1.54) is 5.56 Å². The number of anilines is 1. The molecule has 1 heterocycles. The van der Waals surface area contributed by atoms with Gasteiger partial charge in [-0.2, -0.15) is 0 Å². The third-order valence-electron chi connectivity index (χ3n) is 5.49. The Morgan fingerprint density at radius 2 is 1.73 bits per heavy atom. The van der Waals surface area contributed by atoms with E-state index in [4.69, 9.17) is 0 Å². The fourth-order valence-corrected chi connectivity index (χ4v) is 4.00. The SMILES string of the molecule is CCC(=O)N(c1ccccc1)[C@H]1CCN(CCc2ccccc2)[C@H](C)C1. The van der Waals surface area contributed by atoms with Gasteiger partial charge >= 0.3 is 0 Å². The van der Waals surface area contributed by atoms with Crippen LogP contribution in [0.25, 0.3) is 0 Å². The van der Waals surface area contributed by atoms with Crippen LogP contribution in [0.1, 0.15) is 38.7 Å². The van der Waals surface area contributed by atoms with Crippen molar-refractivity contribution in [1.29, 1.82) is 0 Å². The van der Waals surface area contributed by atoms with Crippen LogP contribution >= 0.6 is 0 Å². The molecule has 138 valence electrons. The summed E-state index contributed by atoms with van der Waals surface area (Å²) >= 11 is 0. The van der Waals surface area contributed by atoms with E-state index < -0.39 is 0 Å². The lowest BCUT2D eigenvalue weighted by Gasteiger charge is -2.42. The molecule has 3 heteroatoms. The average Bonchev–Trinajstić information content (AvgIpc) is 2.69. The van der Waals surface area contributed by atoms with Gasteiger partial charge < -0.3 is 9.80 Å². The lowest BCUT2D eigenvalue weighted by atomic mass is 9.95. The normalized spacial score (nSPS) is 20.7. The van der Waals surface area contributed by atoms with Gasteiger partial charge in [0, 0.05) is 37.3 Å². The molecule has 1 fully saturated rings. The highest BCUT2D eigenvalue weighted by atomic mass is 16.2. The second-order valence-corrected chi connectivity index (χ2v) is 7.25. The van der Waals surface area contributed by atoms with E-state index >= 15 is 0 Å². The minimum atomic E-state index is 0.228. The molecule has 0 N–H and O–H groups in total. The number of carbonyl (C=O) groups excluding carboxylic acids is 1. The maximum Gasteiger partial charge on any atom is 0.226 e. The van der Waals surface area contributed by atoms with Gasteiger partial charge in [-0.05, 0) is 43.9 Å². The van der Waals surface area contributed by atoms with Crippen molar-refractivity contribution in [3.8, 4) is 0 Å². The Morgan fingerprint density at radius 3 is 2.35 bits per heavy atom. The molecular weight excluding hydrogens is 320 g/mol. The van der Waals surface area contributed by atoms with Crippen molar-refractivity contribution in [2.45, 2.75) is 51.6 Å². The fraction of sp³-hybridized carbons (Fsp3) is 0.435. The summed E-state index contributed by atoms with van der Waals surface area (Å²) in [5.41, 5.74) is 2.43. The number of hydrogen-bond acceptors (Lipinski definition) is 2. The van der Waals surface area contributed by atoms with E-state index in [0.29, 0.717) is 18.5 Å². The second-order valence-electron chi connectivity index (χ2n) is 7.25. The van der Waals surface area contributed by atoms with E-state index in [1.54, 1.807) is 0 Å². The topological polar surface area (TPSA) is 23.6 Å². The van der Waals surface area contributed by atoms with Crippen LogP contribution in [0.2, 0.25) is 0 Å². The molecule has 3 rings (SSSR count). The predicted octanol–water partition coefficient (Wildman–Crippen LogP) is 4.53. The number of carbonyl (C=O) groups is 1. The molecule has 2 aromatic rings. The predicted molar refractivity (Wildman–Crippen MR) is 108 cm³/mol. The van der Waals surface area contributed by atoms with Crippen molar-refractivity contribution in [3.63, 3.8) is 0 Å². The highest BCUT2D eigenvalue weighted by Gasteiger charge is 2.31. The van der Waals surface area contributed by atoms with E-state index in [2.05, 4.69) is 54.3 Å². The summed E-state index contributed by atoms with van der Waals surface area (Å²) in [5, 5.41) is 0. The third kappa shape index (κ3) is 4.53. The zero-order valence-corrected chi connectivity index (χ0v) is 16.0. The van der Waals surface area contributed by atoms with Crippen LogP contribution in [0.5, 0.6) is 0 Å². The first-order valence-corrected chi connectivity index (χ1v) is 9.84. The van der Waals surface area contributed by atoms with Crippen molar-refractivity contribution >= 4 is 11.6 Å². The molecule has 0 aliphatic carbocycles. The summed E-state index contributed by atoms with van der Waals surface area (Å²) in [6, 6.07) is 21.6. The molecule has 1 amide bonds. The molecule has 0 saturated carbocycles. The third-order valence-corrected chi connectivity index (χ3v) is 5.49. The summed E-state index contributed by atoms with van der Waals surface area (Å²) in [4.78, 5) is 17.2. The van der Waals surface area contributed by atoms with Crippen LogP contribution < -0.4 is 4.90 Å². The average molecular weight is 351 g/mol. The van der Waals surface area contributed by atoms with E-state index in [-0.39, 0.29) is 5.91 Å². The van der Waals surface area contributed by atoms with Crippen LogP contribution in [-0.4, -0.2) is 36.0 Å². The standard InChI is InChI=1S/C23H30N2O/c1-3-23(26)25(21-12-8-5-9-13-21)22-15-17-24(19(2)18-22)16-14-20-10-6-4-7-11-20/h4-13,19,22H,3,14-18H2,1-2H3/t19-,22+/m1/s1. The molecule has 0 spiro atoms. The number of nitrogens with zero attached hydrogens (tertiary/aromatic N) is 2. The number of benzene rings is 2. The molecule has 1 aliphatic heterocycles. The molecule has 0 bridgehead atoms. The highest BCUT2D eigenvalue weighted by Crippen LogP contribution is 2.27. The van der Waals surface area contributed by atoms with Gasteiger partial charge in [0.1, 0.15) is 0 Å². The number of rotatable bonds is 6. The molecule has 26 heavy (non-hydrogen) atoms. The molecule has 1 saturated heterocycles. The molecule has 2 atom stereocenters. The van der Waals surface area contributed by atoms with E-state index in [1.807, 2.05) is 30.0 Å². The van der Waals surface area contributed by atoms with Gasteiger partial charge in [0.15, 0.2) is 0 Å². The molecule has 2 aromatic carbocycles. The molecule has 3 nitrogen and oxygen atoms in total. The van der Waals surface area contributed by atoms with Crippen molar-refractivity contribution < 1.29 is 4.79 Å². The lowest BCUT2D eigenvalue weighted by Crippen LogP contribution is -2.51. The largest absolute Gasteiger partial charge is 0.309 e. The molecule has 0 unspecified atom stereocenters. The van der Waals surface area contributed by atoms with Crippen molar-refractivity contribution in [1.82, 2.24) is 4.90 Å². The second kappa shape index (κ2) is 9.00. The van der Waals surface area contributed by atoms with Gasteiger partial charge in [-0.3, -0.25) is 4.79 Å². The van der Waals surface area contributed by atoms with Crippen molar-refractivity contribution in [2.24, 2.45) is 0 Å². The molecule has 0 radical (unpaired) electrons. The van der Waals surface area contributed by atoms with Gasteiger partial charge in [0.05, 0.1) is 0 Å². The highest BCUT2D eigenvalue weighted by molar-refractivity contribution is 5.93. The first-order valence-electron chi connectivity index (χ1n) is 9.84. The van der Waals surface area contributed by atoms with Crippen LogP contribution in [0.4, 0.5) is 5.69 Å². The van der Waals surface area contributed by atoms with Crippen molar-refractivity contribution in [2.75, 3.05) is 18.0 Å². The van der Waals surface area contributed by atoms with E-state index in [0.717, 1.165) is 38.0 Å². The number of para-hydroxylation sites is 1. The number of amides is 1. The maximum atomic E-state index is 12.6. The summed E-state index contributed by atoms with van der Waals surface area (Å²) < 4.78 is 0. The smallest absolute Gasteiger partial charge is 0.226 e. The van der Waals surface area contributed by atoms with Gasteiger partial charge in [0.25, 0.3) is 0 Å². The van der Waals surface area contributed by atoms with E-state index in [9.17, 15) is 4.79 Å².